The third-order valence-electron chi connectivity index (χ3n) is 5.86. The van der Waals surface area contributed by atoms with Crippen molar-refractivity contribution >= 4 is 35.1 Å². The topological polar surface area (TPSA) is 66.8 Å². The molecule has 0 bridgehead atoms. The van der Waals surface area contributed by atoms with E-state index in [1.165, 1.54) is 11.0 Å². The van der Waals surface area contributed by atoms with Crippen LogP contribution in [0.25, 0.3) is 0 Å². The summed E-state index contributed by atoms with van der Waals surface area (Å²) in [6.07, 6.45) is 2.39. The van der Waals surface area contributed by atoms with E-state index in [1.807, 2.05) is 6.92 Å². The van der Waals surface area contributed by atoms with Crippen molar-refractivity contribution in [1.82, 2.24) is 4.90 Å². The van der Waals surface area contributed by atoms with E-state index in [9.17, 15) is 14.7 Å². The second-order valence-electron chi connectivity index (χ2n) is 8.07. The van der Waals surface area contributed by atoms with Crippen molar-refractivity contribution in [2.75, 3.05) is 6.54 Å². The maximum absolute atomic E-state index is 15.1. The molecule has 0 unspecified atom stereocenters. The average molecular weight is 466 g/mol. The lowest BCUT2D eigenvalue weighted by molar-refractivity contribution is -0.141. The normalized spacial score (nSPS) is 19.4. The number of likely N-dealkylation sites (tertiary alicyclic amines) is 1. The van der Waals surface area contributed by atoms with Crippen LogP contribution in [0.4, 0.5) is 4.39 Å². The van der Waals surface area contributed by atoms with E-state index in [4.69, 9.17) is 27.9 Å². The van der Waals surface area contributed by atoms with Crippen molar-refractivity contribution in [3.8, 4) is 5.75 Å². The highest BCUT2D eigenvalue weighted by molar-refractivity contribution is 6.42. The van der Waals surface area contributed by atoms with E-state index in [0.717, 1.165) is 18.4 Å². The third kappa shape index (κ3) is 4.51. The monoisotopic (exact) mass is 465 g/mol. The standard InChI is InChI=1S/C23H22Cl2FNO4/c1-12(31-14-6-7-18(24)19(25)9-14)15-11-20(26)17(10-16(15)13-4-5-13)22(28)27-8-2-3-21(27)23(29)30/h6-7,9-13,21H,2-5,8H2,1H3,(H,29,30)/t12-,21+/m1/s1. The minimum Gasteiger partial charge on any atom is -0.486 e. The SMILES string of the molecule is C[C@@H](Oc1ccc(Cl)c(Cl)c1)c1cc(F)c(C(=O)N2CCC[C@H]2C(=O)O)cc1C1CC1. The largest absolute Gasteiger partial charge is 0.486 e. The first-order valence-corrected chi connectivity index (χ1v) is 11.0. The minimum atomic E-state index is -1.06. The number of nitrogens with zero attached hydrogens (tertiary/aromatic N) is 1. The molecular formula is C23H22Cl2FNO4. The predicted molar refractivity (Wildman–Crippen MR) is 116 cm³/mol. The van der Waals surface area contributed by atoms with Gasteiger partial charge in [0.1, 0.15) is 23.7 Å². The van der Waals surface area contributed by atoms with Gasteiger partial charge in [-0.3, -0.25) is 4.79 Å². The van der Waals surface area contributed by atoms with Crippen LogP contribution in [-0.2, 0) is 4.79 Å². The zero-order valence-corrected chi connectivity index (χ0v) is 18.4. The summed E-state index contributed by atoms with van der Waals surface area (Å²) in [5.41, 5.74) is 1.45. The van der Waals surface area contributed by atoms with E-state index in [2.05, 4.69) is 0 Å². The summed E-state index contributed by atoms with van der Waals surface area (Å²) in [5.74, 6) is -1.57. The van der Waals surface area contributed by atoms with E-state index in [-0.39, 0.29) is 11.5 Å². The fourth-order valence-electron chi connectivity index (χ4n) is 4.11. The number of aliphatic carboxylic acids is 1. The molecule has 2 atom stereocenters. The summed E-state index contributed by atoms with van der Waals surface area (Å²) in [5, 5.41) is 10.1. The van der Waals surface area contributed by atoms with Crippen LogP contribution in [0.3, 0.4) is 0 Å². The number of carboxylic acids is 1. The van der Waals surface area contributed by atoms with Crippen LogP contribution < -0.4 is 4.74 Å². The lowest BCUT2D eigenvalue weighted by atomic mass is 9.95. The Kier molecular flexibility index (Phi) is 6.13. The van der Waals surface area contributed by atoms with Crippen LogP contribution in [-0.4, -0.2) is 34.5 Å². The second-order valence-corrected chi connectivity index (χ2v) is 8.88. The predicted octanol–water partition coefficient (Wildman–Crippen LogP) is 5.84. The number of amides is 1. The van der Waals surface area contributed by atoms with Crippen LogP contribution in [0.5, 0.6) is 5.75 Å². The van der Waals surface area contributed by atoms with Gasteiger partial charge in [0.25, 0.3) is 5.91 Å². The Bertz CT molecular complexity index is 1040. The van der Waals surface area contributed by atoms with Gasteiger partial charge in [0.05, 0.1) is 15.6 Å². The van der Waals surface area contributed by atoms with Crippen LogP contribution >= 0.6 is 23.2 Å². The summed E-state index contributed by atoms with van der Waals surface area (Å²) < 4.78 is 21.0. The number of benzene rings is 2. The molecule has 1 heterocycles. The molecule has 1 aliphatic carbocycles. The Morgan fingerprint density at radius 3 is 2.55 bits per heavy atom. The quantitative estimate of drug-likeness (QED) is 0.581. The van der Waals surface area contributed by atoms with Crippen LogP contribution in [0.2, 0.25) is 10.0 Å². The van der Waals surface area contributed by atoms with E-state index in [0.29, 0.717) is 40.7 Å². The molecule has 4 rings (SSSR count). The molecule has 2 fully saturated rings. The van der Waals surface area contributed by atoms with Gasteiger partial charge in [-0.15, -0.1) is 0 Å². The fourth-order valence-corrected chi connectivity index (χ4v) is 4.40. The highest BCUT2D eigenvalue weighted by Crippen LogP contribution is 2.45. The summed E-state index contributed by atoms with van der Waals surface area (Å²) in [6.45, 7) is 2.12. The third-order valence-corrected chi connectivity index (χ3v) is 6.60. The summed E-state index contributed by atoms with van der Waals surface area (Å²) >= 11 is 12.0. The fraction of sp³-hybridized carbons (Fsp3) is 0.391. The lowest BCUT2D eigenvalue weighted by Crippen LogP contribution is -2.40. The zero-order chi connectivity index (χ0) is 22.3. The number of hydrogen-bond acceptors (Lipinski definition) is 3. The Labute approximate surface area is 189 Å². The molecule has 1 aliphatic heterocycles. The lowest BCUT2D eigenvalue weighted by Gasteiger charge is -2.24. The van der Waals surface area contributed by atoms with Crippen LogP contribution in [0.1, 0.15) is 66.1 Å². The molecule has 164 valence electrons. The zero-order valence-electron chi connectivity index (χ0n) is 16.9. The summed E-state index contributed by atoms with van der Waals surface area (Å²) in [7, 11) is 0. The molecule has 8 heteroatoms. The van der Waals surface area contributed by atoms with Crippen molar-refractivity contribution in [2.24, 2.45) is 0 Å². The number of rotatable bonds is 6. The van der Waals surface area contributed by atoms with E-state index >= 15 is 4.39 Å². The molecule has 2 aliphatic rings. The Morgan fingerprint density at radius 1 is 1.16 bits per heavy atom. The first-order valence-electron chi connectivity index (χ1n) is 10.2. The molecule has 31 heavy (non-hydrogen) atoms. The number of carboxylic acid groups (broad SMARTS) is 1. The van der Waals surface area contributed by atoms with Crippen molar-refractivity contribution in [3.05, 3.63) is 62.9 Å². The number of hydrogen-bond donors (Lipinski definition) is 1. The van der Waals surface area contributed by atoms with E-state index in [1.54, 1.807) is 24.3 Å². The molecule has 1 N–H and O–H groups in total. The smallest absolute Gasteiger partial charge is 0.326 e. The molecule has 2 aromatic rings. The number of carbonyl (C=O) groups is 2. The molecule has 0 aromatic heterocycles. The van der Waals surface area contributed by atoms with Gasteiger partial charge in [0.15, 0.2) is 0 Å². The van der Waals surface area contributed by atoms with Gasteiger partial charge in [-0.1, -0.05) is 23.2 Å². The Balaban J connectivity index is 1.64. The molecule has 2 aromatic carbocycles. The highest BCUT2D eigenvalue weighted by Gasteiger charge is 2.37. The van der Waals surface area contributed by atoms with E-state index < -0.39 is 29.8 Å². The second kappa shape index (κ2) is 8.67. The Morgan fingerprint density at radius 2 is 1.90 bits per heavy atom. The van der Waals surface area contributed by atoms with Gasteiger partial charge in [0.2, 0.25) is 0 Å². The van der Waals surface area contributed by atoms with Gasteiger partial charge < -0.3 is 14.7 Å². The molecule has 0 spiro atoms. The first kappa shape index (κ1) is 21.9. The van der Waals surface area contributed by atoms with Gasteiger partial charge in [0, 0.05) is 12.6 Å². The minimum absolute atomic E-state index is 0.0828. The van der Waals surface area contributed by atoms with Crippen LogP contribution in [0, 0.1) is 5.82 Å². The maximum Gasteiger partial charge on any atom is 0.326 e. The van der Waals surface area contributed by atoms with Gasteiger partial charge >= 0.3 is 5.97 Å². The Hall–Kier alpha value is -2.31. The van der Waals surface area contributed by atoms with Crippen molar-refractivity contribution in [1.29, 1.82) is 0 Å². The molecule has 5 nitrogen and oxygen atoms in total. The number of carbonyl (C=O) groups excluding carboxylic acids is 1. The first-order chi connectivity index (χ1) is 14.8. The molecule has 1 saturated carbocycles. The number of ether oxygens (including phenoxy) is 1. The van der Waals surface area contributed by atoms with Crippen molar-refractivity contribution < 1.29 is 23.8 Å². The van der Waals surface area contributed by atoms with Gasteiger partial charge in [-0.2, -0.15) is 0 Å². The maximum atomic E-state index is 15.1. The molecule has 1 amide bonds. The highest BCUT2D eigenvalue weighted by atomic mass is 35.5. The number of halogens is 3. The van der Waals surface area contributed by atoms with Crippen molar-refractivity contribution in [3.63, 3.8) is 0 Å². The summed E-state index contributed by atoms with van der Waals surface area (Å²) in [4.78, 5) is 25.7. The summed E-state index contributed by atoms with van der Waals surface area (Å²) in [6, 6.07) is 6.93. The van der Waals surface area contributed by atoms with Crippen molar-refractivity contribution in [2.45, 2.75) is 50.7 Å². The molecular weight excluding hydrogens is 444 g/mol. The molecule has 0 radical (unpaired) electrons. The van der Waals surface area contributed by atoms with Crippen LogP contribution in [0.15, 0.2) is 30.3 Å². The average Bonchev–Trinajstić information content (AvgIpc) is 3.45. The molecule has 1 saturated heterocycles. The van der Waals surface area contributed by atoms with Gasteiger partial charge in [-0.05, 0) is 73.9 Å². The van der Waals surface area contributed by atoms with Gasteiger partial charge in [-0.25, -0.2) is 9.18 Å².